The summed E-state index contributed by atoms with van der Waals surface area (Å²) >= 11 is 0. The largest absolute Gasteiger partial charge is 0.417 e. The number of sulfonamides is 1. The number of aliphatic hydroxyl groups excluding tert-OH is 1. The van der Waals surface area contributed by atoms with Crippen molar-refractivity contribution in [3.63, 3.8) is 0 Å². The number of rotatable bonds is 6. The Morgan fingerprint density at radius 3 is 2.17 bits per heavy atom. The summed E-state index contributed by atoms with van der Waals surface area (Å²) in [5, 5.41) is 13.5. The van der Waals surface area contributed by atoms with Crippen molar-refractivity contribution in [2.45, 2.75) is 48.5 Å². The molecule has 2 aliphatic rings. The van der Waals surface area contributed by atoms with Crippen molar-refractivity contribution >= 4 is 21.7 Å². The van der Waals surface area contributed by atoms with Crippen LogP contribution in [0.25, 0.3) is 11.1 Å². The zero-order valence-electron chi connectivity index (χ0n) is 21.6. The maximum Gasteiger partial charge on any atom is 0.417 e. The van der Waals surface area contributed by atoms with Crippen molar-refractivity contribution in [2.24, 2.45) is 5.73 Å². The molecule has 0 saturated carbocycles. The van der Waals surface area contributed by atoms with Crippen LogP contribution < -0.4 is 16.0 Å². The van der Waals surface area contributed by atoms with Crippen LogP contribution in [-0.2, 0) is 16.2 Å². The fourth-order valence-corrected chi connectivity index (χ4v) is 6.44. The minimum atomic E-state index is -4.49. The number of pyridine rings is 2. The highest BCUT2D eigenvalue weighted by molar-refractivity contribution is 7.89. The number of piperidine rings is 2. The van der Waals surface area contributed by atoms with Gasteiger partial charge in [0.25, 0.3) is 0 Å². The number of anilines is 2. The number of benzene rings is 1. The first-order chi connectivity index (χ1) is 19.0. The van der Waals surface area contributed by atoms with Crippen molar-refractivity contribution in [1.82, 2.24) is 14.3 Å². The summed E-state index contributed by atoms with van der Waals surface area (Å²) in [5.74, 6) is 1.06. The standard InChI is InChI=1S/C27H31F3N6O3S/c28-27(29,30)20-4-7-25(32-16-20)34-23-11-14-36(17-24(23)37)40(38,39)22-5-1-18(2-6-22)19-3-8-26(33-15-19)35-12-9-21(31)10-13-35/h1-8,15-16,21,23-24,37H,9-14,17,31H2,(H,32,34)/t23-,24+/m1/s1. The monoisotopic (exact) mass is 576 g/mol. The SMILES string of the molecule is NC1CCN(c2ccc(-c3ccc(S(=O)(=O)N4CC[C@@H](Nc5ccc(C(F)(F)F)cn5)[C@@H](O)C4)cc3)cn2)CC1. The van der Waals surface area contributed by atoms with Gasteiger partial charge in [-0.1, -0.05) is 12.1 Å². The summed E-state index contributed by atoms with van der Waals surface area (Å²) in [5.41, 5.74) is 6.80. The Bertz CT molecular complexity index is 1400. The average Bonchev–Trinajstić information content (AvgIpc) is 2.94. The first-order valence-corrected chi connectivity index (χ1v) is 14.5. The van der Waals surface area contributed by atoms with Gasteiger partial charge in [-0.2, -0.15) is 17.5 Å². The summed E-state index contributed by atoms with van der Waals surface area (Å²) in [4.78, 5) is 10.7. The van der Waals surface area contributed by atoms with Crippen LogP contribution in [0.5, 0.6) is 0 Å². The molecule has 5 rings (SSSR count). The number of nitrogens with one attached hydrogen (secondary N) is 1. The third-order valence-corrected chi connectivity index (χ3v) is 9.29. The highest BCUT2D eigenvalue weighted by Crippen LogP contribution is 2.30. The molecule has 2 aromatic heterocycles. The quantitative estimate of drug-likeness (QED) is 0.408. The van der Waals surface area contributed by atoms with Gasteiger partial charge < -0.3 is 21.1 Å². The molecular formula is C27H31F3N6O3S. The number of alkyl halides is 3. The molecule has 9 nitrogen and oxygen atoms in total. The fraction of sp³-hybridized carbons (Fsp3) is 0.407. The maximum atomic E-state index is 13.3. The van der Waals surface area contributed by atoms with E-state index in [0.29, 0.717) is 6.20 Å². The number of aliphatic hydroxyl groups is 1. The maximum absolute atomic E-state index is 13.3. The molecule has 0 spiro atoms. The summed E-state index contributed by atoms with van der Waals surface area (Å²) in [7, 11) is -3.87. The van der Waals surface area contributed by atoms with E-state index in [4.69, 9.17) is 5.73 Å². The third kappa shape index (κ3) is 6.22. The number of aromatic nitrogens is 2. The third-order valence-electron chi connectivity index (χ3n) is 7.41. The number of hydrogen-bond acceptors (Lipinski definition) is 8. The number of hydrogen-bond donors (Lipinski definition) is 3. The number of halogens is 3. The normalized spacial score (nSPS) is 21.4. The molecule has 4 heterocycles. The Balaban J connectivity index is 1.20. The molecule has 2 atom stereocenters. The van der Waals surface area contributed by atoms with Gasteiger partial charge in [0.1, 0.15) is 11.6 Å². The molecule has 0 aliphatic carbocycles. The lowest BCUT2D eigenvalue weighted by molar-refractivity contribution is -0.137. The van der Waals surface area contributed by atoms with Crippen LogP contribution >= 0.6 is 0 Å². The van der Waals surface area contributed by atoms with Crippen molar-refractivity contribution in [2.75, 3.05) is 36.4 Å². The number of nitrogens with two attached hydrogens (primary N) is 1. The highest BCUT2D eigenvalue weighted by atomic mass is 32.2. The second kappa shape index (κ2) is 11.3. The first-order valence-electron chi connectivity index (χ1n) is 13.1. The van der Waals surface area contributed by atoms with Crippen LogP contribution in [0, 0.1) is 0 Å². The highest BCUT2D eigenvalue weighted by Gasteiger charge is 2.35. The summed E-state index contributed by atoms with van der Waals surface area (Å²) < 4.78 is 66.0. The molecule has 2 saturated heterocycles. The van der Waals surface area contributed by atoms with Crippen molar-refractivity contribution < 1.29 is 26.7 Å². The summed E-state index contributed by atoms with van der Waals surface area (Å²) in [6, 6.07) is 12.2. The van der Waals surface area contributed by atoms with Gasteiger partial charge in [-0.05, 0) is 61.2 Å². The van der Waals surface area contributed by atoms with E-state index in [1.807, 2.05) is 12.1 Å². The molecule has 4 N–H and O–H groups in total. The Labute approximate surface area is 230 Å². The molecule has 0 bridgehead atoms. The zero-order valence-corrected chi connectivity index (χ0v) is 22.4. The smallest absolute Gasteiger partial charge is 0.390 e. The van der Waals surface area contributed by atoms with Crippen molar-refractivity contribution in [3.8, 4) is 11.1 Å². The lowest BCUT2D eigenvalue weighted by atomic mass is 10.0. The van der Waals surface area contributed by atoms with E-state index in [0.717, 1.165) is 48.9 Å². The predicted molar refractivity (Wildman–Crippen MR) is 145 cm³/mol. The van der Waals surface area contributed by atoms with Crippen LogP contribution in [0.15, 0.2) is 65.8 Å². The van der Waals surface area contributed by atoms with E-state index in [1.54, 1.807) is 18.3 Å². The molecule has 0 radical (unpaired) electrons. The second-order valence-electron chi connectivity index (χ2n) is 10.2. The van der Waals surface area contributed by atoms with E-state index in [1.165, 1.54) is 22.5 Å². The van der Waals surface area contributed by atoms with Crippen LogP contribution in [0.4, 0.5) is 24.8 Å². The van der Waals surface area contributed by atoms with Gasteiger partial charge in [0, 0.05) is 50.2 Å². The van der Waals surface area contributed by atoms with Gasteiger partial charge in [0.05, 0.1) is 22.6 Å². The van der Waals surface area contributed by atoms with Gasteiger partial charge in [0.15, 0.2) is 0 Å². The van der Waals surface area contributed by atoms with Crippen LogP contribution in [0.1, 0.15) is 24.8 Å². The fourth-order valence-electron chi connectivity index (χ4n) is 4.97. The van der Waals surface area contributed by atoms with Gasteiger partial charge >= 0.3 is 6.18 Å². The number of β-amino-alcohol motifs (C(OH)–C–C–N with tert-alkyl or cyclic N) is 1. The number of nitrogens with zero attached hydrogens (tertiary/aromatic N) is 4. The topological polar surface area (TPSA) is 125 Å². The van der Waals surface area contributed by atoms with E-state index in [-0.39, 0.29) is 36.3 Å². The molecule has 214 valence electrons. The average molecular weight is 577 g/mol. The van der Waals surface area contributed by atoms with Gasteiger partial charge in [-0.15, -0.1) is 0 Å². The molecule has 0 amide bonds. The summed E-state index contributed by atoms with van der Waals surface area (Å²) in [6.45, 7) is 1.71. The minimum Gasteiger partial charge on any atom is -0.390 e. The van der Waals surface area contributed by atoms with Gasteiger partial charge in [-0.25, -0.2) is 18.4 Å². The van der Waals surface area contributed by atoms with Crippen molar-refractivity contribution in [1.29, 1.82) is 0 Å². The molecule has 3 aromatic rings. The van der Waals surface area contributed by atoms with E-state index in [9.17, 15) is 26.7 Å². The molecule has 2 aliphatic heterocycles. The van der Waals surface area contributed by atoms with Crippen molar-refractivity contribution in [3.05, 3.63) is 66.5 Å². The van der Waals surface area contributed by atoms with E-state index >= 15 is 0 Å². The first kappa shape index (κ1) is 28.3. The Morgan fingerprint density at radius 1 is 0.900 bits per heavy atom. The van der Waals surface area contributed by atoms with Crippen LogP contribution in [0.2, 0.25) is 0 Å². The molecule has 0 unspecified atom stereocenters. The molecular weight excluding hydrogens is 545 g/mol. The lowest BCUT2D eigenvalue weighted by Gasteiger charge is -2.35. The van der Waals surface area contributed by atoms with Gasteiger partial charge in [0.2, 0.25) is 10.0 Å². The molecule has 2 fully saturated rings. The predicted octanol–water partition coefficient (Wildman–Crippen LogP) is 3.33. The Morgan fingerprint density at radius 2 is 1.60 bits per heavy atom. The molecule has 40 heavy (non-hydrogen) atoms. The van der Waals surface area contributed by atoms with Gasteiger partial charge in [-0.3, -0.25) is 0 Å². The van der Waals surface area contributed by atoms with Crippen LogP contribution in [0.3, 0.4) is 0 Å². The Kier molecular flexibility index (Phi) is 8.00. The lowest BCUT2D eigenvalue weighted by Crippen LogP contribution is -2.51. The van der Waals surface area contributed by atoms with E-state index in [2.05, 4.69) is 20.2 Å². The molecule has 1 aromatic carbocycles. The molecule has 13 heteroatoms. The Hall–Kier alpha value is -3.26. The van der Waals surface area contributed by atoms with Crippen LogP contribution in [-0.4, -0.2) is 72.2 Å². The van der Waals surface area contributed by atoms with E-state index < -0.39 is 33.9 Å². The minimum absolute atomic E-state index is 0.105. The summed E-state index contributed by atoms with van der Waals surface area (Å²) in [6.07, 6.45) is -0.968. The second-order valence-corrected chi connectivity index (χ2v) is 12.1. The zero-order chi connectivity index (χ0) is 28.5.